The van der Waals surface area contributed by atoms with Gasteiger partial charge in [0.05, 0.1) is 12.8 Å². The van der Waals surface area contributed by atoms with E-state index in [0.717, 1.165) is 33.6 Å². The average Bonchev–Trinajstić information content (AvgIpc) is 3.06. The molecule has 1 aromatic heterocycles. The largest absolute Gasteiger partial charge is 0.497 e. The van der Waals surface area contributed by atoms with Gasteiger partial charge in [-0.15, -0.1) is 11.3 Å². The fraction of sp³-hybridized carbons (Fsp3) is 0.333. The van der Waals surface area contributed by atoms with Gasteiger partial charge in [-0.3, -0.25) is 4.79 Å². The first-order valence-corrected chi connectivity index (χ1v) is 7.52. The van der Waals surface area contributed by atoms with E-state index in [2.05, 4.69) is 4.98 Å². The molecule has 6 heteroatoms. The number of aromatic nitrogens is 1. The van der Waals surface area contributed by atoms with Crippen LogP contribution in [0.4, 0.5) is 10.8 Å². The van der Waals surface area contributed by atoms with E-state index < -0.39 is 11.9 Å². The van der Waals surface area contributed by atoms with Crippen LogP contribution in [-0.4, -0.2) is 30.2 Å². The number of hydrogen-bond acceptors (Lipinski definition) is 5. The Morgan fingerprint density at radius 2 is 2.14 bits per heavy atom. The Hall–Kier alpha value is -2.08. The topological polar surface area (TPSA) is 62.7 Å². The van der Waals surface area contributed by atoms with Crippen LogP contribution in [-0.2, 0) is 11.2 Å². The van der Waals surface area contributed by atoms with Crippen molar-refractivity contribution in [3.05, 3.63) is 34.8 Å². The minimum Gasteiger partial charge on any atom is -0.497 e. The second-order valence-electron chi connectivity index (χ2n) is 4.99. The average molecular weight is 304 g/mol. The summed E-state index contributed by atoms with van der Waals surface area (Å²) in [6.07, 6.45) is 1.47. The van der Waals surface area contributed by atoms with Gasteiger partial charge < -0.3 is 14.7 Å². The molecule has 0 amide bonds. The van der Waals surface area contributed by atoms with Crippen LogP contribution in [0.2, 0.25) is 0 Å². The molecule has 0 spiro atoms. The summed E-state index contributed by atoms with van der Waals surface area (Å²) >= 11 is 1.58. The van der Waals surface area contributed by atoms with E-state index in [0.29, 0.717) is 6.42 Å². The number of fused-ring (bicyclic) bond motifs is 1. The van der Waals surface area contributed by atoms with Gasteiger partial charge in [0.1, 0.15) is 11.7 Å². The SMILES string of the molecule is COc1ccc(N(C)c2nc3c(s2)CCC3C(=O)O)cc1. The van der Waals surface area contributed by atoms with Crippen LogP contribution in [0, 0.1) is 0 Å². The van der Waals surface area contributed by atoms with Crippen molar-refractivity contribution < 1.29 is 14.6 Å². The highest BCUT2D eigenvalue weighted by Crippen LogP contribution is 2.40. The Morgan fingerprint density at radius 1 is 1.43 bits per heavy atom. The molecule has 1 aliphatic rings. The first-order chi connectivity index (χ1) is 10.1. The fourth-order valence-corrected chi connectivity index (χ4v) is 3.63. The van der Waals surface area contributed by atoms with Crippen molar-refractivity contribution in [2.75, 3.05) is 19.1 Å². The number of thiazole rings is 1. The van der Waals surface area contributed by atoms with Gasteiger partial charge in [0.15, 0.2) is 5.13 Å². The summed E-state index contributed by atoms with van der Waals surface area (Å²) in [5, 5.41) is 10.0. The lowest BCUT2D eigenvalue weighted by Crippen LogP contribution is -2.11. The van der Waals surface area contributed by atoms with Gasteiger partial charge in [0.25, 0.3) is 0 Å². The Bertz CT molecular complexity index is 666. The van der Waals surface area contributed by atoms with Crippen LogP contribution >= 0.6 is 11.3 Å². The van der Waals surface area contributed by atoms with E-state index in [-0.39, 0.29) is 0 Å². The van der Waals surface area contributed by atoms with Gasteiger partial charge >= 0.3 is 5.97 Å². The molecule has 0 radical (unpaired) electrons. The molecule has 0 aliphatic heterocycles. The molecule has 21 heavy (non-hydrogen) atoms. The van der Waals surface area contributed by atoms with Gasteiger partial charge in [-0.1, -0.05) is 0 Å². The predicted octanol–water partition coefficient (Wildman–Crippen LogP) is 3.03. The molecule has 5 nitrogen and oxygen atoms in total. The molecular weight excluding hydrogens is 288 g/mol. The fourth-order valence-electron chi connectivity index (χ4n) is 2.51. The highest BCUT2D eigenvalue weighted by molar-refractivity contribution is 7.15. The second kappa shape index (κ2) is 5.37. The number of anilines is 2. The Balaban J connectivity index is 1.87. The van der Waals surface area contributed by atoms with Gasteiger partial charge in [0.2, 0.25) is 0 Å². The molecule has 1 N–H and O–H groups in total. The monoisotopic (exact) mass is 304 g/mol. The maximum atomic E-state index is 11.2. The summed E-state index contributed by atoms with van der Waals surface area (Å²) < 4.78 is 5.15. The number of methoxy groups -OCH3 is 1. The van der Waals surface area contributed by atoms with Crippen molar-refractivity contribution in [1.82, 2.24) is 4.98 Å². The zero-order valence-electron chi connectivity index (χ0n) is 11.9. The Labute approximate surface area is 126 Å². The minimum atomic E-state index is -0.780. The molecule has 110 valence electrons. The number of nitrogens with zero attached hydrogens (tertiary/aromatic N) is 2. The number of carboxylic acid groups (broad SMARTS) is 1. The van der Waals surface area contributed by atoms with Crippen LogP contribution in [0.3, 0.4) is 0 Å². The van der Waals surface area contributed by atoms with Crippen LogP contribution in [0.25, 0.3) is 0 Å². The molecule has 3 rings (SSSR count). The standard InChI is InChI=1S/C15H16N2O3S/c1-17(9-3-5-10(20-2)6-4-9)15-16-13-11(14(18)19)7-8-12(13)21-15/h3-6,11H,7-8H2,1-2H3,(H,18,19). The third-order valence-corrected chi connectivity index (χ3v) is 4.96. The molecular formula is C15H16N2O3S. The third-order valence-electron chi connectivity index (χ3n) is 3.75. The summed E-state index contributed by atoms with van der Waals surface area (Å²) in [5.74, 6) is -0.424. The molecule has 1 aromatic carbocycles. The molecule has 1 heterocycles. The molecule has 0 bridgehead atoms. The van der Waals surface area contributed by atoms with Crippen molar-refractivity contribution in [3.8, 4) is 5.75 Å². The second-order valence-corrected chi connectivity index (χ2v) is 6.05. The van der Waals surface area contributed by atoms with Crippen molar-refractivity contribution in [1.29, 1.82) is 0 Å². The predicted molar refractivity (Wildman–Crippen MR) is 81.9 cm³/mol. The smallest absolute Gasteiger partial charge is 0.312 e. The van der Waals surface area contributed by atoms with Crippen molar-refractivity contribution in [2.45, 2.75) is 18.8 Å². The van der Waals surface area contributed by atoms with Gasteiger partial charge in [-0.25, -0.2) is 4.98 Å². The first kappa shape index (κ1) is 13.9. The molecule has 2 aromatic rings. The van der Waals surface area contributed by atoms with Gasteiger partial charge in [0, 0.05) is 17.6 Å². The van der Waals surface area contributed by atoms with E-state index in [1.54, 1.807) is 18.4 Å². The van der Waals surface area contributed by atoms with Crippen molar-refractivity contribution in [3.63, 3.8) is 0 Å². The molecule has 0 saturated heterocycles. The molecule has 1 unspecified atom stereocenters. The Morgan fingerprint density at radius 3 is 2.76 bits per heavy atom. The summed E-state index contributed by atoms with van der Waals surface area (Å²) in [4.78, 5) is 18.8. The summed E-state index contributed by atoms with van der Waals surface area (Å²) in [6.45, 7) is 0. The number of benzene rings is 1. The number of carboxylic acids is 1. The summed E-state index contributed by atoms with van der Waals surface area (Å²) in [6, 6.07) is 7.71. The molecule has 0 saturated carbocycles. The van der Waals surface area contributed by atoms with Crippen LogP contribution < -0.4 is 9.64 Å². The number of carbonyl (C=O) groups is 1. The maximum Gasteiger partial charge on any atom is 0.312 e. The highest BCUT2D eigenvalue weighted by Gasteiger charge is 2.33. The molecule has 1 atom stereocenters. The number of rotatable bonds is 4. The molecule has 1 aliphatic carbocycles. The lowest BCUT2D eigenvalue weighted by molar-refractivity contribution is -0.138. The van der Waals surface area contributed by atoms with E-state index >= 15 is 0 Å². The van der Waals surface area contributed by atoms with E-state index in [9.17, 15) is 9.90 Å². The van der Waals surface area contributed by atoms with Gasteiger partial charge in [-0.2, -0.15) is 0 Å². The number of ether oxygens (including phenoxy) is 1. The maximum absolute atomic E-state index is 11.2. The normalized spacial score (nSPS) is 16.6. The summed E-state index contributed by atoms with van der Waals surface area (Å²) in [5.41, 5.74) is 1.73. The lowest BCUT2D eigenvalue weighted by atomic mass is 10.1. The van der Waals surface area contributed by atoms with Crippen LogP contribution in [0.5, 0.6) is 5.75 Å². The van der Waals surface area contributed by atoms with Crippen LogP contribution in [0.1, 0.15) is 22.9 Å². The van der Waals surface area contributed by atoms with Crippen LogP contribution in [0.15, 0.2) is 24.3 Å². The van der Waals surface area contributed by atoms with Crippen molar-refractivity contribution >= 4 is 28.1 Å². The van der Waals surface area contributed by atoms with E-state index in [1.807, 2.05) is 36.2 Å². The zero-order valence-corrected chi connectivity index (χ0v) is 12.7. The van der Waals surface area contributed by atoms with E-state index in [1.165, 1.54) is 0 Å². The zero-order chi connectivity index (χ0) is 15.0. The number of aliphatic carboxylic acids is 1. The quantitative estimate of drug-likeness (QED) is 0.940. The minimum absolute atomic E-state index is 0.450. The first-order valence-electron chi connectivity index (χ1n) is 6.70. The van der Waals surface area contributed by atoms with Crippen molar-refractivity contribution in [2.24, 2.45) is 0 Å². The molecule has 0 fully saturated rings. The van der Waals surface area contributed by atoms with E-state index in [4.69, 9.17) is 4.74 Å². The highest BCUT2D eigenvalue weighted by atomic mass is 32.1. The number of aryl methyl sites for hydroxylation is 1. The number of hydrogen-bond donors (Lipinski definition) is 1. The van der Waals surface area contributed by atoms with Gasteiger partial charge in [-0.05, 0) is 37.1 Å². The third kappa shape index (κ3) is 2.47. The summed E-state index contributed by atoms with van der Waals surface area (Å²) in [7, 11) is 3.57. The Kier molecular flexibility index (Phi) is 3.55. The lowest BCUT2D eigenvalue weighted by Gasteiger charge is -2.16.